The van der Waals surface area contributed by atoms with Gasteiger partial charge in [-0.3, -0.25) is 0 Å². The van der Waals surface area contributed by atoms with Crippen LogP contribution in [0.3, 0.4) is 0 Å². The van der Waals surface area contributed by atoms with E-state index in [1.54, 1.807) is 0 Å². The number of hydrogen-bond donors (Lipinski definition) is 0. The van der Waals surface area contributed by atoms with Crippen LogP contribution >= 0.6 is 11.6 Å². The molecule has 1 aromatic carbocycles. The first kappa shape index (κ1) is 12.3. The van der Waals surface area contributed by atoms with Gasteiger partial charge >= 0.3 is 6.18 Å². The Balaban J connectivity index is 3.13. The molecule has 0 aliphatic carbocycles. The number of rotatable bonds is 2. The molecule has 1 atom stereocenters. The molecular formula is C10H9ClF4. The predicted octanol–water partition coefficient (Wildman–Crippen LogP) is 4.54. The molecular weight excluding hydrogens is 232 g/mol. The summed E-state index contributed by atoms with van der Waals surface area (Å²) in [5, 5.41) is -0.181. The summed E-state index contributed by atoms with van der Waals surface area (Å²) in [7, 11) is 0. The van der Waals surface area contributed by atoms with Crippen LogP contribution in [0.4, 0.5) is 17.6 Å². The maximum atomic E-state index is 12.6. The van der Waals surface area contributed by atoms with Crippen molar-refractivity contribution in [2.75, 3.05) is 0 Å². The molecule has 15 heavy (non-hydrogen) atoms. The molecule has 0 spiro atoms. The summed E-state index contributed by atoms with van der Waals surface area (Å²) in [6.07, 6.45) is -4.47. The summed E-state index contributed by atoms with van der Waals surface area (Å²) in [6, 6.07) is 2.96. The Morgan fingerprint density at radius 2 is 1.93 bits per heavy atom. The zero-order valence-electron chi connectivity index (χ0n) is 7.91. The first-order valence-corrected chi connectivity index (χ1v) is 4.75. The Morgan fingerprint density at radius 1 is 1.33 bits per heavy atom. The van der Waals surface area contributed by atoms with Crippen molar-refractivity contribution in [3.8, 4) is 0 Å². The molecule has 0 saturated heterocycles. The van der Waals surface area contributed by atoms with Crippen LogP contribution in [-0.4, -0.2) is 6.18 Å². The maximum absolute atomic E-state index is 12.6. The van der Waals surface area contributed by atoms with Crippen molar-refractivity contribution in [1.82, 2.24) is 0 Å². The van der Waals surface area contributed by atoms with Gasteiger partial charge in [-0.25, -0.2) is 4.39 Å². The minimum Gasteiger partial charge on any atom is -0.207 e. The third-order valence-electron chi connectivity index (χ3n) is 2.14. The third kappa shape index (κ3) is 2.84. The smallest absolute Gasteiger partial charge is 0.207 e. The SMILES string of the molecule is CC[C@@H](c1ccc(F)cc1Cl)C(F)(F)F. The van der Waals surface area contributed by atoms with Gasteiger partial charge in [0.15, 0.2) is 0 Å². The molecule has 0 fully saturated rings. The quantitative estimate of drug-likeness (QED) is 0.666. The second-order valence-corrected chi connectivity index (χ2v) is 3.58. The number of benzene rings is 1. The minimum atomic E-state index is -4.35. The van der Waals surface area contributed by atoms with Gasteiger partial charge in [-0.1, -0.05) is 24.6 Å². The molecule has 0 amide bonds. The Labute approximate surface area is 89.9 Å². The molecule has 84 valence electrons. The molecule has 0 saturated carbocycles. The fourth-order valence-corrected chi connectivity index (χ4v) is 1.71. The number of halogens is 5. The summed E-state index contributed by atoms with van der Waals surface area (Å²) in [5.41, 5.74) is -0.0759. The van der Waals surface area contributed by atoms with Gasteiger partial charge in [-0.05, 0) is 24.1 Å². The molecule has 1 rings (SSSR count). The molecule has 0 aliphatic rings. The Morgan fingerprint density at radius 3 is 2.33 bits per heavy atom. The van der Waals surface area contributed by atoms with Crippen molar-refractivity contribution < 1.29 is 17.6 Å². The van der Waals surface area contributed by atoms with Gasteiger partial charge in [0.05, 0.1) is 5.92 Å². The lowest BCUT2D eigenvalue weighted by Crippen LogP contribution is -2.20. The average Bonchev–Trinajstić information content (AvgIpc) is 2.07. The van der Waals surface area contributed by atoms with Crippen LogP contribution < -0.4 is 0 Å². The van der Waals surface area contributed by atoms with E-state index < -0.39 is 17.9 Å². The van der Waals surface area contributed by atoms with Gasteiger partial charge in [-0.15, -0.1) is 0 Å². The zero-order chi connectivity index (χ0) is 11.6. The van der Waals surface area contributed by atoms with Gasteiger partial charge in [0.25, 0.3) is 0 Å². The van der Waals surface area contributed by atoms with E-state index in [2.05, 4.69) is 0 Å². The standard InChI is InChI=1S/C10H9ClF4/c1-2-8(10(13,14)15)7-4-3-6(12)5-9(7)11/h3-5,8H,2H2,1H3/t8-/m0/s1. The van der Waals surface area contributed by atoms with E-state index in [1.165, 1.54) is 6.92 Å². The number of alkyl halides is 3. The highest BCUT2D eigenvalue weighted by atomic mass is 35.5. The predicted molar refractivity (Wildman–Crippen MR) is 50.5 cm³/mol. The summed E-state index contributed by atoms with van der Waals surface area (Å²) in [5.74, 6) is -2.27. The van der Waals surface area contributed by atoms with Crippen LogP contribution in [0.1, 0.15) is 24.8 Å². The van der Waals surface area contributed by atoms with Crippen molar-refractivity contribution in [3.05, 3.63) is 34.6 Å². The minimum absolute atomic E-state index is 0.0759. The van der Waals surface area contributed by atoms with Crippen LogP contribution in [0, 0.1) is 5.82 Å². The highest BCUT2D eigenvalue weighted by Crippen LogP contribution is 2.40. The molecule has 0 heterocycles. The van der Waals surface area contributed by atoms with Gasteiger partial charge in [0.1, 0.15) is 5.82 Å². The summed E-state index contributed by atoms with van der Waals surface area (Å²) >= 11 is 5.57. The molecule has 0 bridgehead atoms. The second-order valence-electron chi connectivity index (χ2n) is 3.17. The lowest BCUT2D eigenvalue weighted by atomic mass is 9.96. The highest BCUT2D eigenvalue weighted by molar-refractivity contribution is 6.31. The molecule has 0 aliphatic heterocycles. The zero-order valence-corrected chi connectivity index (χ0v) is 8.66. The van der Waals surface area contributed by atoms with Crippen molar-refractivity contribution in [3.63, 3.8) is 0 Å². The van der Waals surface area contributed by atoms with E-state index in [1.807, 2.05) is 0 Å². The van der Waals surface area contributed by atoms with E-state index in [9.17, 15) is 17.6 Å². The molecule has 0 aromatic heterocycles. The van der Waals surface area contributed by atoms with E-state index in [4.69, 9.17) is 11.6 Å². The molecule has 0 unspecified atom stereocenters. The maximum Gasteiger partial charge on any atom is 0.395 e. The van der Waals surface area contributed by atoms with E-state index in [0.717, 1.165) is 18.2 Å². The Hall–Kier alpha value is -0.770. The van der Waals surface area contributed by atoms with Crippen LogP contribution in [0.25, 0.3) is 0 Å². The second kappa shape index (κ2) is 4.39. The fourth-order valence-electron chi connectivity index (χ4n) is 1.41. The number of hydrogen-bond acceptors (Lipinski definition) is 0. The third-order valence-corrected chi connectivity index (χ3v) is 2.47. The van der Waals surface area contributed by atoms with E-state index >= 15 is 0 Å². The monoisotopic (exact) mass is 240 g/mol. The van der Waals surface area contributed by atoms with Crippen molar-refractivity contribution in [2.24, 2.45) is 0 Å². The molecule has 1 aromatic rings. The highest BCUT2D eigenvalue weighted by Gasteiger charge is 2.40. The molecule has 0 radical (unpaired) electrons. The molecule has 0 nitrogen and oxygen atoms in total. The van der Waals surface area contributed by atoms with Crippen LogP contribution in [0.5, 0.6) is 0 Å². The first-order chi connectivity index (χ1) is 6.86. The van der Waals surface area contributed by atoms with E-state index in [-0.39, 0.29) is 17.0 Å². The Kier molecular flexibility index (Phi) is 3.60. The van der Waals surface area contributed by atoms with Crippen LogP contribution in [0.2, 0.25) is 5.02 Å². The normalized spacial score (nSPS) is 14.0. The summed E-state index contributed by atoms with van der Waals surface area (Å²) in [6.45, 7) is 1.41. The van der Waals surface area contributed by atoms with Gasteiger partial charge in [0, 0.05) is 5.02 Å². The van der Waals surface area contributed by atoms with Gasteiger partial charge < -0.3 is 0 Å². The largest absolute Gasteiger partial charge is 0.395 e. The molecule has 0 N–H and O–H groups in total. The van der Waals surface area contributed by atoms with Gasteiger partial charge in [0.2, 0.25) is 0 Å². The molecule has 5 heteroatoms. The summed E-state index contributed by atoms with van der Waals surface area (Å²) < 4.78 is 50.2. The first-order valence-electron chi connectivity index (χ1n) is 4.38. The van der Waals surface area contributed by atoms with E-state index in [0.29, 0.717) is 0 Å². The van der Waals surface area contributed by atoms with Gasteiger partial charge in [-0.2, -0.15) is 13.2 Å². The topological polar surface area (TPSA) is 0 Å². The summed E-state index contributed by atoms with van der Waals surface area (Å²) in [4.78, 5) is 0. The lowest BCUT2D eigenvalue weighted by Gasteiger charge is -2.19. The Bertz CT molecular complexity index is 346. The van der Waals surface area contributed by atoms with Crippen LogP contribution in [0.15, 0.2) is 18.2 Å². The van der Waals surface area contributed by atoms with Crippen molar-refractivity contribution in [2.45, 2.75) is 25.4 Å². The average molecular weight is 241 g/mol. The lowest BCUT2D eigenvalue weighted by molar-refractivity contribution is -0.151. The van der Waals surface area contributed by atoms with Crippen LogP contribution in [-0.2, 0) is 0 Å². The fraction of sp³-hybridized carbons (Fsp3) is 0.400. The van der Waals surface area contributed by atoms with Crippen molar-refractivity contribution in [1.29, 1.82) is 0 Å². The van der Waals surface area contributed by atoms with Crippen molar-refractivity contribution >= 4 is 11.6 Å².